The molecule has 0 amide bonds. The van der Waals surface area contributed by atoms with Crippen LogP contribution in [-0.4, -0.2) is 18.2 Å². The first-order valence-electron chi connectivity index (χ1n) is 4.17. The van der Waals surface area contributed by atoms with Crippen LogP contribution in [-0.2, 0) is 16.0 Å². The van der Waals surface area contributed by atoms with Gasteiger partial charge in [-0.1, -0.05) is 6.07 Å². The molecule has 3 nitrogen and oxygen atoms in total. The normalized spacial score (nSPS) is 9.86. The summed E-state index contributed by atoms with van der Waals surface area (Å²) in [7, 11) is 1.31. The van der Waals surface area contributed by atoms with Gasteiger partial charge in [0.15, 0.2) is 11.6 Å². The van der Waals surface area contributed by atoms with Crippen molar-refractivity contribution in [3.05, 3.63) is 29.6 Å². The summed E-state index contributed by atoms with van der Waals surface area (Å²) in [5, 5.41) is 9.03. The monoisotopic (exact) mass is 198 g/mol. The number of phenolic OH excluding ortho intramolecular Hbond substituents is 1. The number of methoxy groups -OCH3 is 1. The summed E-state index contributed by atoms with van der Waals surface area (Å²) in [6, 6.07) is 4.00. The fraction of sp³-hybridized carbons (Fsp3) is 0.300. The van der Waals surface area contributed by atoms with Gasteiger partial charge >= 0.3 is 5.97 Å². The van der Waals surface area contributed by atoms with Crippen molar-refractivity contribution in [2.24, 2.45) is 0 Å². The van der Waals surface area contributed by atoms with Crippen LogP contribution in [0.5, 0.6) is 5.75 Å². The Kier molecular flexibility index (Phi) is 3.45. The van der Waals surface area contributed by atoms with Gasteiger partial charge in [0, 0.05) is 6.42 Å². The molecule has 14 heavy (non-hydrogen) atoms. The average Bonchev–Trinajstić information content (AvgIpc) is 2.19. The first kappa shape index (κ1) is 10.5. The molecule has 0 aliphatic rings. The fourth-order valence-corrected chi connectivity index (χ4v) is 1.06. The minimum Gasteiger partial charge on any atom is -0.505 e. The minimum absolute atomic E-state index is 0.224. The lowest BCUT2D eigenvalue weighted by Gasteiger charge is -2.01. The van der Waals surface area contributed by atoms with E-state index in [4.69, 9.17) is 5.11 Å². The van der Waals surface area contributed by atoms with Crippen molar-refractivity contribution in [2.75, 3.05) is 7.11 Å². The van der Waals surface area contributed by atoms with Crippen LogP contribution >= 0.6 is 0 Å². The maximum atomic E-state index is 12.6. The van der Waals surface area contributed by atoms with Crippen molar-refractivity contribution in [1.82, 2.24) is 0 Å². The molecule has 0 heterocycles. The molecule has 0 bridgehead atoms. The molecule has 1 aromatic rings. The van der Waals surface area contributed by atoms with E-state index in [1.165, 1.54) is 25.3 Å². The van der Waals surface area contributed by atoms with Crippen LogP contribution in [0.1, 0.15) is 12.0 Å². The highest BCUT2D eigenvalue weighted by molar-refractivity contribution is 5.69. The highest BCUT2D eigenvalue weighted by atomic mass is 19.1. The maximum Gasteiger partial charge on any atom is 0.305 e. The van der Waals surface area contributed by atoms with Gasteiger partial charge in [-0.3, -0.25) is 4.79 Å². The number of esters is 1. The molecule has 0 unspecified atom stereocenters. The fourth-order valence-electron chi connectivity index (χ4n) is 1.06. The number of rotatable bonds is 3. The van der Waals surface area contributed by atoms with Crippen LogP contribution < -0.4 is 0 Å². The SMILES string of the molecule is COC(=O)CCc1ccc(F)c(O)c1. The Balaban J connectivity index is 2.60. The van der Waals surface area contributed by atoms with Gasteiger partial charge in [-0.2, -0.15) is 0 Å². The molecule has 1 aromatic carbocycles. The van der Waals surface area contributed by atoms with Gasteiger partial charge in [0.1, 0.15) is 0 Å². The number of hydrogen-bond acceptors (Lipinski definition) is 3. The van der Waals surface area contributed by atoms with Gasteiger partial charge in [0.05, 0.1) is 7.11 Å². The summed E-state index contributed by atoms with van der Waals surface area (Å²) in [6.45, 7) is 0. The Morgan fingerprint density at radius 3 is 2.86 bits per heavy atom. The second kappa shape index (κ2) is 4.60. The van der Waals surface area contributed by atoms with Crippen molar-refractivity contribution in [2.45, 2.75) is 12.8 Å². The lowest BCUT2D eigenvalue weighted by molar-refractivity contribution is -0.140. The molecule has 0 aliphatic heterocycles. The number of aryl methyl sites for hydroxylation is 1. The van der Waals surface area contributed by atoms with Crippen molar-refractivity contribution >= 4 is 5.97 Å². The summed E-state index contributed by atoms with van der Waals surface area (Å²) in [4.78, 5) is 10.8. The zero-order valence-electron chi connectivity index (χ0n) is 7.79. The molecule has 0 aliphatic carbocycles. The standard InChI is InChI=1S/C10H11FO3/c1-14-10(13)5-3-7-2-4-8(11)9(12)6-7/h2,4,6,12H,3,5H2,1H3. The molecular weight excluding hydrogens is 187 g/mol. The topological polar surface area (TPSA) is 46.5 Å². The Hall–Kier alpha value is -1.58. The number of ether oxygens (including phenoxy) is 1. The van der Waals surface area contributed by atoms with Crippen LogP contribution in [0.25, 0.3) is 0 Å². The number of halogens is 1. The van der Waals surface area contributed by atoms with Crippen molar-refractivity contribution in [3.8, 4) is 5.75 Å². The molecule has 1 N–H and O–H groups in total. The van der Waals surface area contributed by atoms with Gasteiger partial charge in [0.25, 0.3) is 0 Å². The van der Waals surface area contributed by atoms with Crippen LogP contribution in [0, 0.1) is 5.82 Å². The third-order valence-electron chi connectivity index (χ3n) is 1.86. The third-order valence-corrected chi connectivity index (χ3v) is 1.86. The van der Waals surface area contributed by atoms with E-state index in [1.807, 2.05) is 0 Å². The number of phenols is 1. The van der Waals surface area contributed by atoms with E-state index in [1.54, 1.807) is 0 Å². The molecule has 0 spiro atoms. The van der Waals surface area contributed by atoms with E-state index in [0.717, 1.165) is 0 Å². The number of aromatic hydroxyl groups is 1. The second-order valence-electron chi connectivity index (χ2n) is 2.86. The Bertz CT molecular complexity index is 336. The predicted octanol–water partition coefficient (Wildman–Crippen LogP) is 1.64. The Morgan fingerprint density at radius 1 is 1.57 bits per heavy atom. The molecule has 1 rings (SSSR count). The van der Waals surface area contributed by atoms with Gasteiger partial charge in [-0.05, 0) is 24.1 Å². The van der Waals surface area contributed by atoms with Gasteiger partial charge in [-0.15, -0.1) is 0 Å². The van der Waals surface area contributed by atoms with Crippen molar-refractivity contribution in [1.29, 1.82) is 0 Å². The van der Waals surface area contributed by atoms with E-state index in [-0.39, 0.29) is 12.4 Å². The van der Waals surface area contributed by atoms with E-state index in [2.05, 4.69) is 4.74 Å². The van der Waals surface area contributed by atoms with Gasteiger partial charge in [-0.25, -0.2) is 4.39 Å². The van der Waals surface area contributed by atoms with E-state index >= 15 is 0 Å². The average molecular weight is 198 g/mol. The molecule has 0 fully saturated rings. The lowest BCUT2D eigenvalue weighted by Crippen LogP contribution is -2.01. The highest BCUT2D eigenvalue weighted by Gasteiger charge is 2.04. The zero-order valence-corrected chi connectivity index (χ0v) is 7.79. The van der Waals surface area contributed by atoms with Gasteiger partial charge in [0.2, 0.25) is 0 Å². The third kappa shape index (κ3) is 2.73. The second-order valence-corrected chi connectivity index (χ2v) is 2.86. The first-order chi connectivity index (χ1) is 6.63. The Labute approximate surface area is 81.1 Å². The van der Waals surface area contributed by atoms with E-state index < -0.39 is 11.6 Å². The summed E-state index contributed by atoms with van der Waals surface area (Å²) >= 11 is 0. The minimum atomic E-state index is -0.660. The van der Waals surface area contributed by atoms with Crippen molar-refractivity contribution < 1.29 is 19.0 Å². The number of hydrogen-bond donors (Lipinski definition) is 1. The first-order valence-corrected chi connectivity index (χ1v) is 4.17. The molecule has 0 radical (unpaired) electrons. The molecule has 0 saturated carbocycles. The van der Waals surface area contributed by atoms with E-state index in [9.17, 15) is 9.18 Å². The van der Waals surface area contributed by atoms with Crippen LogP contribution in [0.3, 0.4) is 0 Å². The molecular formula is C10H11FO3. The molecule has 4 heteroatoms. The van der Waals surface area contributed by atoms with Crippen LogP contribution in [0.15, 0.2) is 18.2 Å². The largest absolute Gasteiger partial charge is 0.505 e. The van der Waals surface area contributed by atoms with E-state index in [0.29, 0.717) is 12.0 Å². The molecule has 0 saturated heterocycles. The molecule has 0 atom stereocenters. The molecule has 76 valence electrons. The number of carbonyl (C=O) groups is 1. The summed E-state index contributed by atoms with van der Waals surface area (Å²) < 4.78 is 17.1. The highest BCUT2D eigenvalue weighted by Crippen LogP contribution is 2.17. The Morgan fingerprint density at radius 2 is 2.29 bits per heavy atom. The zero-order chi connectivity index (χ0) is 10.6. The number of carbonyl (C=O) groups excluding carboxylic acids is 1. The predicted molar refractivity (Wildman–Crippen MR) is 48.4 cm³/mol. The molecule has 0 aromatic heterocycles. The summed E-state index contributed by atoms with van der Waals surface area (Å²) in [5.41, 5.74) is 0.703. The van der Waals surface area contributed by atoms with Crippen LogP contribution in [0.2, 0.25) is 0 Å². The maximum absolute atomic E-state index is 12.6. The summed E-state index contributed by atoms with van der Waals surface area (Å²) in [5.74, 6) is -1.38. The van der Waals surface area contributed by atoms with Crippen molar-refractivity contribution in [3.63, 3.8) is 0 Å². The van der Waals surface area contributed by atoms with Crippen LogP contribution in [0.4, 0.5) is 4.39 Å². The smallest absolute Gasteiger partial charge is 0.305 e. The quantitative estimate of drug-likeness (QED) is 0.751. The lowest BCUT2D eigenvalue weighted by atomic mass is 10.1. The number of benzene rings is 1. The van der Waals surface area contributed by atoms with Gasteiger partial charge < -0.3 is 9.84 Å². The summed E-state index contributed by atoms with van der Waals surface area (Å²) in [6.07, 6.45) is 0.655.